The Labute approximate surface area is 145 Å². The fourth-order valence-electron chi connectivity index (χ4n) is 2.99. The summed E-state index contributed by atoms with van der Waals surface area (Å²) in [5.74, 6) is 0.770. The third kappa shape index (κ3) is 3.69. The summed E-state index contributed by atoms with van der Waals surface area (Å²) in [6.45, 7) is 0.934. The predicted molar refractivity (Wildman–Crippen MR) is 90.0 cm³/mol. The quantitative estimate of drug-likeness (QED) is 0.788. The van der Waals surface area contributed by atoms with Gasteiger partial charge in [0.05, 0.1) is 11.1 Å². The summed E-state index contributed by atoms with van der Waals surface area (Å²) in [5.41, 5.74) is 0. The summed E-state index contributed by atoms with van der Waals surface area (Å²) in [5, 5.41) is -0.177. The van der Waals surface area contributed by atoms with Crippen molar-refractivity contribution >= 4 is 33.4 Å². The Kier molecular flexibility index (Phi) is 5.53. The first-order valence-electron chi connectivity index (χ1n) is 7.65. The van der Waals surface area contributed by atoms with Crippen LogP contribution in [0.15, 0.2) is 23.1 Å². The number of nitrogens with zero attached hydrogens (tertiary/aromatic N) is 1. The molecule has 0 saturated carbocycles. The van der Waals surface area contributed by atoms with Gasteiger partial charge in [-0.3, -0.25) is 0 Å². The van der Waals surface area contributed by atoms with E-state index in [4.69, 9.17) is 16.3 Å². The number of thioether (sulfide) groups is 1. The van der Waals surface area contributed by atoms with Crippen molar-refractivity contribution in [2.75, 3.05) is 24.7 Å². The second-order valence-corrected chi connectivity index (χ2v) is 9.20. The first-order valence-corrected chi connectivity index (χ1v) is 10.6. The third-order valence-electron chi connectivity index (χ3n) is 4.22. The van der Waals surface area contributed by atoms with Crippen molar-refractivity contribution in [2.45, 2.75) is 36.3 Å². The molecule has 8 heteroatoms. The van der Waals surface area contributed by atoms with Crippen LogP contribution >= 0.6 is 23.4 Å². The van der Waals surface area contributed by atoms with E-state index < -0.39 is 15.8 Å². The van der Waals surface area contributed by atoms with Crippen LogP contribution in [0.25, 0.3) is 0 Å². The Balaban J connectivity index is 1.94. The Bertz CT molecular complexity index is 659. The van der Waals surface area contributed by atoms with E-state index in [2.05, 4.69) is 0 Å². The molecule has 23 heavy (non-hydrogen) atoms. The topological polar surface area (TPSA) is 46.6 Å². The normalized spacial score (nSPS) is 25.3. The molecule has 0 amide bonds. The van der Waals surface area contributed by atoms with Crippen molar-refractivity contribution in [3.8, 4) is 0 Å². The van der Waals surface area contributed by atoms with Crippen molar-refractivity contribution in [3.63, 3.8) is 0 Å². The lowest BCUT2D eigenvalue weighted by molar-refractivity contribution is 0.0876. The minimum Gasteiger partial charge on any atom is -0.377 e. The predicted octanol–water partition coefficient (Wildman–Crippen LogP) is 3.15. The average molecular weight is 380 g/mol. The van der Waals surface area contributed by atoms with Gasteiger partial charge in [-0.2, -0.15) is 16.1 Å². The van der Waals surface area contributed by atoms with E-state index in [0.717, 1.165) is 30.8 Å². The molecular formula is C15H19ClFNO3S2. The Morgan fingerprint density at radius 2 is 2.22 bits per heavy atom. The van der Waals surface area contributed by atoms with E-state index in [9.17, 15) is 12.8 Å². The molecule has 0 radical (unpaired) electrons. The van der Waals surface area contributed by atoms with Gasteiger partial charge >= 0.3 is 0 Å². The number of hydrogen-bond donors (Lipinski definition) is 0. The fourth-order valence-corrected chi connectivity index (χ4v) is 6.31. The smallest absolute Gasteiger partial charge is 0.246 e. The van der Waals surface area contributed by atoms with Crippen molar-refractivity contribution in [3.05, 3.63) is 29.0 Å². The van der Waals surface area contributed by atoms with Gasteiger partial charge in [0.15, 0.2) is 5.82 Å². The molecule has 4 nitrogen and oxygen atoms in total. The SMILES string of the molecule is O=S(=O)(c1cccc(Cl)c1F)N(CC1CCCO1)C1CCSC1. The third-order valence-corrected chi connectivity index (χ3v) is 7.60. The lowest BCUT2D eigenvalue weighted by atomic mass is 10.2. The average Bonchev–Trinajstić information content (AvgIpc) is 3.20. The van der Waals surface area contributed by atoms with Crippen LogP contribution in [0.3, 0.4) is 0 Å². The standard InChI is InChI=1S/C15H19ClFNO3S2/c16-13-4-1-5-14(15(13)17)23(19,20)18(11-6-8-22-10-11)9-12-3-2-7-21-12/h1,4-5,11-12H,2-3,6-10H2. The second kappa shape index (κ2) is 7.27. The largest absolute Gasteiger partial charge is 0.377 e. The van der Waals surface area contributed by atoms with Gasteiger partial charge in [-0.1, -0.05) is 17.7 Å². The lowest BCUT2D eigenvalue weighted by Crippen LogP contribution is -2.44. The highest BCUT2D eigenvalue weighted by molar-refractivity contribution is 7.99. The molecule has 3 rings (SSSR count). The van der Waals surface area contributed by atoms with Gasteiger partial charge < -0.3 is 4.74 Å². The van der Waals surface area contributed by atoms with Gasteiger partial charge in [-0.15, -0.1) is 0 Å². The zero-order valence-electron chi connectivity index (χ0n) is 12.6. The maximum atomic E-state index is 14.3. The molecule has 2 unspecified atom stereocenters. The summed E-state index contributed by atoms with van der Waals surface area (Å²) in [7, 11) is -3.94. The lowest BCUT2D eigenvalue weighted by Gasteiger charge is -2.29. The molecule has 1 aromatic carbocycles. The van der Waals surface area contributed by atoms with Crippen molar-refractivity contribution < 1.29 is 17.5 Å². The van der Waals surface area contributed by atoms with E-state index in [1.807, 2.05) is 0 Å². The maximum Gasteiger partial charge on any atom is 0.246 e. The highest BCUT2D eigenvalue weighted by Crippen LogP contribution is 2.31. The van der Waals surface area contributed by atoms with Gasteiger partial charge in [0.2, 0.25) is 10.0 Å². The fraction of sp³-hybridized carbons (Fsp3) is 0.600. The molecule has 0 bridgehead atoms. The molecule has 0 N–H and O–H groups in total. The minimum atomic E-state index is -3.94. The molecule has 2 atom stereocenters. The molecule has 128 valence electrons. The summed E-state index contributed by atoms with van der Waals surface area (Å²) in [6, 6.07) is 3.98. The monoisotopic (exact) mass is 379 g/mol. The van der Waals surface area contributed by atoms with Crippen LogP contribution < -0.4 is 0 Å². The zero-order valence-corrected chi connectivity index (χ0v) is 15.0. The summed E-state index contributed by atoms with van der Waals surface area (Å²) in [4.78, 5) is -0.347. The van der Waals surface area contributed by atoms with E-state index in [0.29, 0.717) is 6.61 Å². The molecule has 2 aliphatic heterocycles. The van der Waals surface area contributed by atoms with E-state index >= 15 is 0 Å². The first kappa shape index (κ1) is 17.5. The Morgan fingerprint density at radius 3 is 2.87 bits per heavy atom. The summed E-state index contributed by atoms with van der Waals surface area (Å²) < 4.78 is 47.4. The Morgan fingerprint density at radius 1 is 1.39 bits per heavy atom. The van der Waals surface area contributed by atoms with Crippen molar-refractivity contribution in [2.24, 2.45) is 0 Å². The van der Waals surface area contributed by atoms with E-state index in [-0.39, 0.29) is 28.6 Å². The number of hydrogen-bond acceptors (Lipinski definition) is 4. The van der Waals surface area contributed by atoms with Gasteiger partial charge in [0.25, 0.3) is 0 Å². The van der Waals surface area contributed by atoms with E-state index in [1.165, 1.54) is 22.5 Å². The van der Waals surface area contributed by atoms with Crippen LogP contribution in [0.5, 0.6) is 0 Å². The van der Waals surface area contributed by atoms with Crippen LogP contribution in [-0.4, -0.2) is 49.5 Å². The number of sulfonamides is 1. The maximum absolute atomic E-state index is 14.3. The molecular weight excluding hydrogens is 361 g/mol. The minimum absolute atomic E-state index is 0.113. The van der Waals surface area contributed by atoms with Crippen molar-refractivity contribution in [1.29, 1.82) is 0 Å². The molecule has 0 aromatic heterocycles. The molecule has 1 aromatic rings. The molecule has 2 aliphatic rings. The van der Waals surface area contributed by atoms with E-state index in [1.54, 1.807) is 11.8 Å². The van der Waals surface area contributed by atoms with Gasteiger partial charge in [0.1, 0.15) is 4.90 Å². The number of benzene rings is 1. The zero-order chi connectivity index (χ0) is 16.4. The molecule has 0 aliphatic carbocycles. The van der Waals surface area contributed by atoms with Crippen LogP contribution in [0, 0.1) is 5.82 Å². The van der Waals surface area contributed by atoms with Gasteiger partial charge in [-0.25, -0.2) is 12.8 Å². The van der Waals surface area contributed by atoms with Crippen LogP contribution in [0.4, 0.5) is 4.39 Å². The van der Waals surface area contributed by atoms with Crippen molar-refractivity contribution in [1.82, 2.24) is 4.31 Å². The molecule has 0 spiro atoms. The molecule has 2 saturated heterocycles. The summed E-state index contributed by atoms with van der Waals surface area (Å²) >= 11 is 7.49. The molecule has 2 fully saturated rings. The summed E-state index contributed by atoms with van der Waals surface area (Å²) in [6.07, 6.45) is 2.43. The highest BCUT2D eigenvalue weighted by atomic mass is 35.5. The molecule has 2 heterocycles. The highest BCUT2D eigenvalue weighted by Gasteiger charge is 2.37. The van der Waals surface area contributed by atoms with Crippen LogP contribution in [0.1, 0.15) is 19.3 Å². The number of halogens is 2. The first-order chi connectivity index (χ1) is 11.0. The number of ether oxygens (including phenoxy) is 1. The van der Waals surface area contributed by atoms with Gasteiger partial charge in [-0.05, 0) is 37.1 Å². The Hall–Kier alpha value is -0.340. The van der Waals surface area contributed by atoms with Crippen LogP contribution in [0.2, 0.25) is 5.02 Å². The second-order valence-electron chi connectivity index (χ2n) is 5.78. The van der Waals surface area contributed by atoms with Gasteiger partial charge in [0, 0.05) is 24.9 Å². The number of rotatable bonds is 5. The van der Waals surface area contributed by atoms with Crippen LogP contribution in [-0.2, 0) is 14.8 Å².